The second-order valence-electron chi connectivity index (χ2n) is 2.46. The zero-order chi connectivity index (χ0) is 10.4. The Labute approximate surface area is 96.3 Å². The van der Waals surface area contributed by atoms with E-state index in [0.717, 1.165) is 9.26 Å². The summed E-state index contributed by atoms with van der Waals surface area (Å²) in [5.74, 6) is -0.410. The highest BCUT2D eigenvalue weighted by Gasteiger charge is 1.97. The van der Waals surface area contributed by atoms with Crippen LogP contribution in [0.3, 0.4) is 0 Å². The van der Waals surface area contributed by atoms with E-state index in [9.17, 15) is 4.79 Å². The molecule has 1 rings (SSSR count). The highest BCUT2D eigenvalue weighted by Crippen LogP contribution is 2.19. The van der Waals surface area contributed by atoms with Gasteiger partial charge in [0.25, 0.3) is 0 Å². The first-order valence-electron chi connectivity index (χ1n) is 4.19. The van der Waals surface area contributed by atoms with Gasteiger partial charge in [0.15, 0.2) is 0 Å². The van der Waals surface area contributed by atoms with Gasteiger partial charge in [0.1, 0.15) is 6.21 Å². The van der Waals surface area contributed by atoms with E-state index >= 15 is 0 Å². The molecule has 0 unspecified atom stereocenters. The van der Waals surface area contributed by atoms with Gasteiger partial charge in [-0.1, -0.05) is 12.1 Å². The second-order valence-corrected chi connectivity index (χ2v) is 3.62. The molecular formula is C10H10INO2. The van der Waals surface area contributed by atoms with Crippen LogP contribution in [0.1, 0.15) is 6.92 Å². The summed E-state index contributed by atoms with van der Waals surface area (Å²) in [6, 6.07) is 7.57. The van der Waals surface area contributed by atoms with Crippen molar-refractivity contribution in [3.05, 3.63) is 27.8 Å². The molecule has 1 aromatic rings. The molecule has 4 heteroatoms. The molecule has 74 valence electrons. The fourth-order valence-electron chi connectivity index (χ4n) is 0.858. The average molecular weight is 303 g/mol. The molecule has 0 amide bonds. The number of aliphatic imine (C=N–C) groups is 1. The SMILES string of the molecule is CCOC(=O)C=Nc1ccccc1I. The first-order chi connectivity index (χ1) is 6.74. The van der Waals surface area contributed by atoms with E-state index in [0.29, 0.717) is 6.61 Å². The van der Waals surface area contributed by atoms with Crippen LogP contribution in [-0.4, -0.2) is 18.8 Å². The Kier molecular flexibility index (Phi) is 4.58. The fourth-order valence-corrected chi connectivity index (χ4v) is 1.38. The Balaban J connectivity index is 2.69. The maximum absolute atomic E-state index is 11.0. The molecule has 14 heavy (non-hydrogen) atoms. The van der Waals surface area contributed by atoms with Crippen LogP contribution in [-0.2, 0) is 9.53 Å². The summed E-state index contributed by atoms with van der Waals surface area (Å²) in [4.78, 5) is 15.0. The highest BCUT2D eigenvalue weighted by molar-refractivity contribution is 14.1. The molecule has 0 aliphatic heterocycles. The minimum absolute atomic E-state index is 0.372. The summed E-state index contributed by atoms with van der Waals surface area (Å²) in [6.07, 6.45) is 1.20. The Morgan fingerprint density at radius 1 is 1.57 bits per heavy atom. The Morgan fingerprint density at radius 3 is 2.93 bits per heavy atom. The van der Waals surface area contributed by atoms with Crippen molar-refractivity contribution in [3.8, 4) is 0 Å². The number of halogens is 1. The van der Waals surface area contributed by atoms with Crippen molar-refractivity contribution in [2.45, 2.75) is 6.92 Å². The average Bonchev–Trinajstić information content (AvgIpc) is 2.17. The molecular weight excluding hydrogens is 293 g/mol. The van der Waals surface area contributed by atoms with Gasteiger partial charge in [-0.15, -0.1) is 0 Å². The lowest BCUT2D eigenvalue weighted by atomic mass is 10.3. The molecule has 0 bridgehead atoms. The highest BCUT2D eigenvalue weighted by atomic mass is 127. The third-order valence-electron chi connectivity index (χ3n) is 1.45. The molecule has 0 saturated heterocycles. The normalized spacial score (nSPS) is 10.4. The zero-order valence-corrected chi connectivity index (χ0v) is 9.89. The summed E-state index contributed by atoms with van der Waals surface area (Å²) >= 11 is 2.16. The molecule has 0 atom stereocenters. The van der Waals surface area contributed by atoms with Crippen molar-refractivity contribution >= 4 is 40.5 Å². The molecule has 0 fully saturated rings. The zero-order valence-electron chi connectivity index (χ0n) is 7.74. The quantitative estimate of drug-likeness (QED) is 0.489. The van der Waals surface area contributed by atoms with E-state index in [4.69, 9.17) is 4.74 Å². The van der Waals surface area contributed by atoms with Gasteiger partial charge in [0, 0.05) is 3.57 Å². The monoisotopic (exact) mass is 303 g/mol. The molecule has 0 spiro atoms. The Hall–Kier alpha value is -0.910. The summed E-state index contributed by atoms with van der Waals surface area (Å²) in [6.45, 7) is 2.13. The van der Waals surface area contributed by atoms with Crippen molar-refractivity contribution in [2.24, 2.45) is 4.99 Å². The van der Waals surface area contributed by atoms with E-state index < -0.39 is 5.97 Å². The number of ether oxygens (including phenoxy) is 1. The van der Waals surface area contributed by atoms with Gasteiger partial charge < -0.3 is 4.74 Å². The number of para-hydroxylation sites is 1. The minimum atomic E-state index is -0.410. The summed E-state index contributed by atoms with van der Waals surface area (Å²) < 4.78 is 5.72. The number of hydrogen-bond donors (Lipinski definition) is 0. The van der Waals surface area contributed by atoms with Crippen molar-refractivity contribution in [1.82, 2.24) is 0 Å². The van der Waals surface area contributed by atoms with Gasteiger partial charge in [0.05, 0.1) is 12.3 Å². The molecule has 0 heterocycles. The van der Waals surface area contributed by atoms with Gasteiger partial charge in [-0.3, -0.25) is 0 Å². The third-order valence-corrected chi connectivity index (χ3v) is 2.36. The lowest BCUT2D eigenvalue weighted by Gasteiger charge is -1.97. The van der Waals surface area contributed by atoms with Crippen LogP contribution in [0, 0.1) is 3.57 Å². The standard InChI is InChI=1S/C10H10INO2/c1-2-14-10(13)7-12-9-6-4-3-5-8(9)11/h3-7H,2H2,1H3. The van der Waals surface area contributed by atoms with E-state index in [2.05, 4.69) is 27.6 Å². The van der Waals surface area contributed by atoms with Gasteiger partial charge >= 0.3 is 5.97 Å². The predicted molar refractivity (Wildman–Crippen MR) is 63.9 cm³/mol. The molecule has 3 nitrogen and oxygen atoms in total. The molecule has 1 aromatic carbocycles. The number of carbonyl (C=O) groups excluding carboxylic acids is 1. The fraction of sp³-hybridized carbons (Fsp3) is 0.200. The smallest absolute Gasteiger partial charge is 0.349 e. The summed E-state index contributed by atoms with van der Waals surface area (Å²) in [5.41, 5.74) is 0.779. The van der Waals surface area contributed by atoms with E-state index in [1.165, 1.54) is 6.21 Å². The lowest BCUT2D eigenvalue weighted by molar-refractivity contribution is -0.134. The molecule has 0 N–H and O–H groups in total. The van der Waals surface area contributed by atoms with Crippen LogP contribution in [0.5, 0.6) is 0 Å². The predicted octanol–water partition coefficient (Wildman–Crippen LogP) is 2.56. The summed E-state index contributed by atoms with van der Waals surface area (Å²) in [7, 11) is 0. The molecule has 0 radical (unpaired) electrons. The first kappa shape index (κ1) is 11.2. The number of rotatable bonds is 3. The third kappa shape index (κ3) is 3.45. The molecule has 0 saturated carbocycles. The van der Waals surface area contributed by atoms with E-state index in [1.807, 2.05) is 24.3 Å². The van der Waals surface area contributed by atoms with Gasteiger partial charge in [-0.25, -0.2) is 9.79 Å². The van der Waals surface area contributed by atoms with Crippen molar-refractivity contribution in [3.63, 3.8) is 0 Å². The van der Waals surface area contributed by atoms with Crippen LogP contribution in [0.2, 0.25) is 0 Å². The summed E-state index contributed by atoms with van der Waals surface area (Å²) in [5, 5.41) is 0. The molecule has 0 aromatic heterocycles. The first-order valence-corrected chi connectivity index (χ1v) is 5.27. The number of benzene rings is 1. The maximum Gasteiger partial charge on any atom is 0.349 e. The van der Waals surface area contributed by atoms with Gasteiger partial charge in [0.2, 0.25) is 0 Å². The van der Waals surface area contributed by atoms with Crippen LogP contribution in [0.4, 0.5) is 5.69 Å². The topological polar surface area (TPSA) is 38.7 Å². The van der Waals surface area contributed by atoms with Crippen molar-refractivity contribution in [1.29, 1.82) is 0 Å². The van der Waals surface area contributed by atoms with Crippen molar-refractivity contribution < 1.29 is 9.53 Å². The minimum Gasteiger partial charge on any atom is -0.462 e. The number of nitrogens with zero attached hydrogens (tertiary/aromatic N) is 1. The largest absolute Gasteiger partial charge is 0.462 e. The van der Waals surface area contributed by atoms with Gasteiger partial charge in [-0.2, -0.15) is 0 Å². The maximum atomic E-state index is 11.0. The lowest BCUT2D eigenvalue weighted by Crippen LogP contribution is -2.04. The second kappa shape index (κ2) is 5.74. The number of esters is 1. The van der Waals surface area contributed by atoms with Crippen molar-refractivity contribution in [2.75, 3.05) is 6.61 Å². The van der Waals surface area contributed by atoms with E-state index in [-0.39, 0.29) is 0 Å². The number of carbonyl (C=O) groups is 1. The van der Waals surface area contributed by atoms with Crippen LogP contribution < -0.4 is 0 Å². The Morgan fingerprint density at radius 2 is 2.29 bits per heavy atom. The van der Waals surface area contributed by atoms with E-state index in [1.54, 1.807) is 6.92 Å². The van der Waals surface area contributed by atoms with Crippen LogP contribution in [0.25, 0.3) is 0 Å². The van der Waals surface area contributed by atoms with Gasteiger partial charge in [-0.05, 0) is 41.6 Å². The van der Waals surface area contributed by atoms with Crippen LogP contribution >= 0.6 is 22.6 Å². The van der Waals surface area contributed by atoms with Crippen LogP contribution in [0.15, 0.2) is 29.3 Å². The molecule has 0 aliphatic rings. The Bertz CT molecular complexity index is 350. The molecule has 0 aliphatic carbocycles. The number of hydrogen-bond acceptors (Lipinski definition) is 3.